The van der Waals surface area contributed by atoms with Crippen LogP contribution in [-0.4, -0.2) is 16.1 Å². The van der Waals surface area contributed by atoms with Gasteiger partial charge < -0.3 is 5.32 Å². The summed E-state index contributed by atoms with van der Waals surface area (Å²) in [6, 6.07) is 8.40. The van der Waals surface area contributed by atoms with Gasteiger partial charge in [-0.05, 0) is 43.2 Å². The molecule has 1 amide bonds. The summed E-state index contributed by atoms with van der Waals surface area (Å²) in [5, 5.41) is 11.6. The summed E-state index contributed by atoms with van der Waals surface area (Å²) in [6.07, 6.45) is 2.30. The molecule has 1 saturated carbocycles. The number of hydrogen-bond donors (Lipinski definition) is 1. The highest BCUT2D eigenvalue weighted by Gasteiger charge is 2.25. The number of carbonyl (C=O) groups is 1. The molecule has 1 aliphatic carbocycles. The third kappa shape index (κ3) is 2.92. The first-order valence-electron chi connectivity index (χ1n) is 6.23. The van der Waals surface area contributed by atoms with Gasteiger partial charge in [-0.15, -0.1) is 5.10 Å². The number of benzene rings is 1. The number of amides is 1. The van der Waals surface area contributed by atoms with Crippen LogP contribution >= 0.6 is 23.2 Å². The van der Waals surface area contributed by atoms with E-state index in [1.54, 1.807) is 24.3 Å². The van der Waals surface area contributed by atoms with Crippen molar-refractivity contribution in [3.63, 3.8) is 0 Å². The van der Waals surface area contributed by atoms with Gasteiger partial charge >= 0.3 is 0 Å². The number of nitrogens with zero attached hydrogens (tertiary/aromatic N) is 2. The maximum absolute atomic E-state index is 12.1. The molecular weight excluding hydrogens is 297 g/mol. The maximum atomic E-state index is 12.1. The third-order valence-electron chi connectivity index (χ3n) is 3.09. The third-order valence-corrected chi connectivity index (χ3v) is 3.65. The highest BCUT2D eigenvalue weighted by molar-refractivity contribution is 6.35. The minimum absolute atomic E-state index is 0.255. The highest BCUT2D eigenvalue weighted by Crippen LogP contribution is 2.38. The van der Waals surface area contributed by atoms with Crippen LogP contribution in [0, 0.1) is 0 Å². The van der Waals surface area contributed by atoms with Gasteiger partial charge in [-0.25, -0.2) is 0 Å². The number of rotatable bonds is 3. The van der Waals surface area contributed by atoms with Gasteiger partial charge in [0.15, 0.2) is 5.69 Å². The van der Waals surface area contributed by atoms with Crippen molar-refractivity contribution < 1.29 is 4.79 Å². The summed E-state index contributed by atoms with van der Waals surface area (Å²) >= 11 is 11.9. The largest absolute Gasteiger partial charge is 0.319 e. The molecule has 4 nitrogen and oxygen atoms in total. The lowest BCUT2D eigenvalue weighted by Gasteiger charge is -2.07. The molecule has 102 valence electrons. The van der Waals surface area contributed by atoms with E-state index in [-0.39, 0.29) is 11.6 Å². The number of aromatic nitrogens is 2. The van der Waals surface area contributed by atoms with Crippen LogP contribution in [-0.2, 0) is 0 Å². The lowest BCUT2D eigenvalue weighted by molar-refractivity contribution is 0.102. The summed E-state index contributed by atoms with van der Waals surface area (Å²) in [7, 11) is 0. The first-order chi connectivity index (χ1) is 9.63. The zero-order chi connectivity index (χ0) is 14.1. The van der Waals surface area contributed by atoms with E-state index in [0.29, 0.717) is 21.7 Å². The molecule has 2 aromatic rings. The molecule has 3 rings (SSSR count). The van der Waals surface area contributed by atoms with Gasteiger partial charge in [-0.1, -0.05) is 23.2 Å². The van der Waals surface area contributed by atoms with E-state index < -0.39 is 0 Å². The topological polar surface area (TPSA) is 54.9 Å². The minimum atomic E-state index is -0.357. The minimum Gasteiger partial charge on any atom is -0.319 e. The number of nitrogens with one attached hydrogen (secondary N) is 1. The summed E-state index contributed by atoms with van der Waals surface area (Å²) in [4.78, 5) is 12.1. The van der Waals surface area contributed by atoms with Gasteiger partial charge in [0.25, 0.3) is 5.91 Å². The van der Waals surface area contributed by atoms with Crippen LogP contribution in [0.5, 0.6) is 0 Å². The Morgan fingerprint density at radius 1 is 1.15 bits per heavy atom. The van der Waals surface area contributed by atoms with Gasteiger partial charge in [0.05, 0.1) is 16.4 Å². The molecule has 0 bridgehead atoms. The smallest absolute Gasteiger partial charge is 0.276 e. The molecule has 1 aromatic heterocycles. The fraction of sp³-hybridized carbons (Fsp3) is 0.214. The molecule has 0 aliphatic heterocycles. The molecule has 0 saturated heterocycles. The second-order valence-corrected chi connectivity index (χ2v) is 5.54. The van der Waals surface area contributed by atoms with E-state index in [4.69, 9.17) is 23.2 Å². The Kier molecular flexibility index (Phi) is 3.59. The van der Waals surface area contributed by atoms with Crippen molar-refractivity contribution >= 4 is 34.8 Å². The van der Waals surface area contributed by atoms with E-state index in [1.807, 2.05) is 6.07 Å². The monoisotopic (exact) mass is 307 g/mol. The van der Waals surface area contributed by atoms with Crippen LogP contribution in [0.1, 0.15) is 34.9 Å². The lowest BCUT2D eigenvalue weighted by atomic mass is 10.2. The van der Waals surface area contributed by atoms with Crippen molar-refractivity contribution in [2.75, 3.05) is 5.32 Å². The Bertz CT molecular complexity index is 654. The Hall–Kier alpha value is -1.65. The number of halogens is 2. The van der Waals surface area contributed by atoms with Crippen molar-refractivity contribution in [3.05, 3.63) is 51.8 Å². The van der Waals surface area contributed by atoms with Crippen LogP contribution in [0.25, 0.3) is 0 Å². The first kappa shape index (κ1) is 13.3. The molecule has 0 spiro atoms. The maximum Gasteiger partial charge on any atom is 0.276 e. The average Bonchev–Trinajstić information content (AvgIpc) is 3.27. The molecule has 1 aromatic carbocycles. The van der Waals surface area contributed by atoms with Gasteiger partial charge in [-0.3, -0.25) is 4.79 Å². The van der Waals surface area contributed by atoms with Crippen LogP contribution in [0.3, 0.4) is 0 Å². The van der Waals surface area contributed by atoms with E-state index in [0.717, 1.165) is 18.5 Å². The van der Waals surface area contributed by atoms with Gasteiger partial charge in [-0.2, -0.15) is 5.10 Å². The standard InChI is InChI=1S/C14H11Cl2N3O/c15-9-3-4-10(16)13(7-9)17-14(20)12-6-5-11(18-19-12)8-1-2-8/h3-8H,1-2H2,(H,17,20). The predicted octanol–water partition coefficient (Wildman–Crippen LogP) is 3.91. The molecule has 0 atom stereocenters. The molecule has 1 fully saturated rings. The average molecular weight is 308 g/mol. The molecular formula is C14H11Cl2N3O. The van der Waals surface area contributed by atoms with Gasteiger partial charge in [0.1, 0.15) is 0 Å². The molecule has 20 heavy (non-hydrogen) atoms. The van der Waals surface area contributed by atoms with Crippen LogP contribution in [0.4, 0.5) is 5.69 Å². The number of anilines is 1. The molecule has 0 unspecified atom stereocenters. The summed E-state index contributed by atoms with van der Waals surface area (Å²) in [5.41, 5.74) is 1.66. The molecule has 1 aliphatic rings. The SMILES string of the molecule is O=C(Nc1cc(Cl)ccc1Cl)c1ccc(C2CC2)nn1. The Labute approximate surface area is 126 Å². The fourth-order valence-electron chi connectivity index (χ4n) is 1.84. The Morgan fingerprint density at radius 3 is 2.60 bits per heavy atom. The van der Waals surface area contributed by atoms with E-state index in [2.05, 4.69) is 15.5 Å². The number of hydrogen-bond acceptors (Lipinski definition) is 3. The van der Waals surface area contributed by atoms with Crippen molar-refractivity contribution in [1.29, 1.82) is 0 Å². The van der Waals surface area contributed by atoms with Crippen molar-refractivity contribution in [2.45, 2.75) is 18.8 Å². The fourth-order valence-corrected chi connectivity index (χ4v) is 2.18. The second-order valence-electron chi connectivity index (χ2n) is 4.70. The lowest BCUT2D eigenvalue weighted by Crippen LogP contribution is -2.15. The molecule has 1 N–H and O–H groups in total. The Balaban J connectivity index is 1.76. The quantitative estimate of drug-likeness (QED) is 0.935. The molecule has 0 radical (unpaired) electrons. The van der Waals surface area contributed by atoms with Crippen molar-refractivity contribution in [2.24, 2.45) is 0 Å². The molecule has 6 heteroatoms. The van der Waals surface area contributed by atoms with Crippen molar-refractivity contribution in [3.8, 4) is 0 Å². The van der Waals surface area contributed by atoms with E-state index in [9.17, 15) is 4.79 Å². The van der Waals surface area contributed by atoms with Crippen LogP contribution in [0.15, 0.2) is 30.3 Å². The van der Waals surface area contributed by atoms with Gasteiger partial charge in [0.2, 0.25) is 0 Å². The zero-order valence-corrected chi connectivity index (χ0v) is 11.9. The summed E-state index contributed by atoms with van der Waals surface area (Å²) in [6.45, 7) is 0. The summed E-state index contributed by atoms with van der Waals surface area (Å²) in [5.74, 6) is 0.158. The van der Waals surface area contributed by atoms with E-state index in [1.165, 1.54) is 0 Å². The summed E-state index contributed by atoms with van der Waals surface area (Å²) < 4.78 is 0. The second kappa shape index (κ2) is 5.38. The van der Waals surface area contributed by atoms with Crippen LogP contribution < -0.4 is 5.32 Å². The zero-order valence-electron chi connectivity index (χ0n) is 10.4. The Morgan fingerprint density at radius 2 is 1.95 bits per heavy atom. The van der Waals surface area contributed by atoms with Gasteiger partial charge in [0, 0.05) is 10.9 Å². The molecule has 1 heterocycles. The normalized spacial score (nSPS) is 14.1. The van der Waals surface area contributed by atoms with E-state index >= 15 is 0 Å². The predicted molar refractivity (Wildman–Crippen MR) is 78.4 cm³/mol. The number of carbonyl (C=O) groups excluding carboxylic acids is 1. The van der Waals surface area contributed by atoms with Crippen LogP contribution in [0.2, 0.25) is 10.0 Å². The van der Waals surface area contributed by atoms with Crippen molar-refractivity contribution in [1.82, 2.24) is 10.2 Å². The highest BCUT2D eigenvalue weighted by atomic mass is 35.5. The first-order valence-corrected chi connectivity index (χ1v) is 6.99.